The van der Waals surface area contributed by atoms with Gasteiger partial charge in [-0.25, -0.2) is 4.98 Å². The summed E-state index contributed by atoms with van der Waals surface area (Å²) in [6.07, 6.45) is 5.03. The predicted molar refractivity (Wildman–Crippen MR) is 63.5 cm³/mol. The maximum Gasteiger partial charge on any atom is 0.144 e. The van der Waals surface area contributed by atoms with Gasteiger partial charge in [-0.2, -0.15) is 0 Å². The van der Waals surface area contributed by atoms with Crippen LogP contribution in [0.4, 0.5) is 5.82 Å². The zero-order valence-corrected chi connectivity index (χ0v) is 9.61. The Kier molecular flexibility index (Phi) is 3.29. The number of benzene rings is 1. The first-order valence-electron chi connectivity index (χ1n) is 4.59. The van der Waals surface area contributed by atoms with Gasteiger partial charge in [-0.1, -0.05) is 34.1 Å². The van der Waals surface area contributed by atoms with Gasteiger partial charge in [-0.15, -0.1) is 0 Å². The second-order valence-electron chi connectivity index (χ2n) is 3.04. The summed E-state index contributed by atoms with van der Waals surface area (Å²) in [5.41, 5.74) is 1.20. The van der Waals surface area contributed by atoms with Gasteiger partial charge >= 0.3 is 0 Å². The molecule has 0 atom stereocenters. The Morgan fingerprint density at radius 3 is 2.80 bits per heavy atom. The molecule has 15 heavy (non-hydrogen) atoms. The number of nitrogens with zero attached hydrogens (tertiary/aromatic N) is 2. The molecule has 0 saturated heterocycles. The van der Waals surface area contributed by atoms with Gasteiger partial charge in [-0.3, -0.25) is 4.98 Å². The minimum Gasteiger partial charge on any atom is -0.365 e. The monoisotopic (exact) mass is 263 g/mol. The fraction of sp³-hybridized carbons (Fsp3) is 0.0909. The van der Waals surface area contributed by atoms with Crippen molar-refractivity contribution >= 4 is 21.7 Å². The van der Waals surface area contributed by atoms with Crippen LogP contribution in [0.1, 0.15) is 5.56 Å². The maximum atomic E-state index is 4.13. The summed E-state index contributed by atoms with van der Waals surface area (Å²) < 4.78 is 1.10. The third-order valence-corrected chi connectivity index (χ3v) is 2.75. The van der Waals surface area contributed by atoms with E-state index < -0.39 is 0 Å². The van der Waals surface area contributed by atoms with E-state index in [-0.39, 0.29) is 0 Å². The van der Waals surface area contributed by atoms with E-state index in [1.165, 1.54) is 5.56 Å². The van der Waals surface area contributed by atoms with Crippen molar-refractivity contribution < 1.29 is 0 Å². The fourth-order valence-electron chi connectivity index (χ4n) is 1.22. The van der Waals surface area contributed by atoms with Gasteiger partial charge in [0.1, 0.15) is 5.82 Å². The zero-order valence-electron chi connectivity index (χ0n) is 8.02. The van der Waals surface area contributed by atoms with E-state index in [9.17, 15) is 0 Å². The van der Waals surface area contributed by atoms with Crippen molar-refractivity contribution in [1.29, 1.82) is 0 Å². The highest BCUT2D eigenvalue weighted by molar-refractivity contribution is 9.10. The first-order valence-corrected chi connectivity index (χ1v) is 5.39. The van der Waals surface area contributed by atoms with Crippen LogP contribution in [-0.2, 0) is 6.54 Å². The van der Waals surface area contributed by atoms with Crippen molar-refractivity contribution in [3.8, 4) is 0 Å². The highest BCUT2D eigenvalue weighted by Gasteiger charge is 1.98. The average Bonchev–Trinajstić information content (AvgIpc) is 2.29. The van der Waals surface area contributed by atoms with Crippen LogP contribution >= 0.6 is 15.9 Å². The number of halogens is 1. The summed E-state index contributed by atoms with van der Waals surface area (Å²) in [6.45, 7) is 0.736. The third kappa shape index (κ3) is 2.76. The standard InChI is InChI=1S/C11H10BrN3/c12-10-4-2-1-3-9(10)7-15-11-8-13-5-6-14-11/h1-6,8H,7H2,(H,14,15). The van der Waals surface area contributed by atoms with E-state index in [2.05, 4.69) is 37.3 Å². The van der Waals surface area contributed by atoms with Crippen LogP contribution in [-0.4, -0.2) is 9.97 Å². The summed E-state index contributed by atoms with van der Waals surface area (Å²) in [7, 11) is 0. The first-order chi connectivity index (χ1) is 7.36. The topological polar surface area (TPSA) is 37.8 Å². The molecule has 4 heteroatoms. The molecule has 1 heterocycles. The maximum absolute atomic E-state index is 4.13. The summed E-state index contributed by atoms with van der Waals surface area (Å²) in [5, 5.41) is 3.20. The van der Waals surface area contributed by atoms with Crippen LogP contribution in [0.15, 0.2) is 47.3 Å². The lowest BCUT2D eigenvalue weighted by molar-refractivity contribution is 1.08. The third-order valence-electron chi connectivity index (χ3n) is 1.98. The van der Waals surface area contributed by atoms with Gasteiger partial charge in [0.05, 0.1) is 6.20 Å². The second-order valence-corrected chi connectivity index (χ2v) is 3.89. The van der Waals surface area contributed by atoms with E-state index in [1.807, 2.05) is 18.2 Å². The van der Waals surface area contributed by atoms with Crippen LogP contribution in [0.5, 0.6) is 0 Å². The number of hydrogen-bond donors (Lipinski definition) is 1. The minimum atomic E-state index is 0.736. The SMILES string of the molecule is Brc1ccccc1CNc1cnccn1. The van der Waals surface area contributed by atoms with Gasteiger partial charge in [0.2, 0.25) is 0 Å². The molecule has 2 aromatic rings. The van der Waals surface area contributed by atoms with Crippen LogP contribution in [0.2, 0.25) is 0 Å². The van der Waals surface area contributed by atoms with Crippen molar-refractivity contribution in [2.75, 3.05) is 5.32 Å². The summed E-state index contributed by atoms with van der Waals surface area (Å²) in [5.74, 6) is 0.785. The lowest BCUT2D eigenvalue weighted by Gasteiger charge is -2.06. The molecule has 0 spiro atoms. The molecule has 0 aliphatic carbocycles. The van der Waals surface area contributed by atoms with E-state index in [0.717, 1.165) is 16.8 Å². The molecule has 2 rings (SSSR count). The van der Waals surface area contributed by atoms with Crippen molar-refractivity contribution in [3.05, 3.63) is 52.9 Å². The Hall–Kier alpha value is -1.42. The average molecular weight is 264 g/mol. The molecular weight excluding hydrogens is 254 g/mol. The lowest BCUT2D eigenvalue weighted by atomic mass is 10.2. The number of hydrogen-bond acceptors (Lipinski definition) is 3. The summed E-state index contributed by atoms with van der Waals surface area (Å²) in [6, 6.07) is 8.09. The van der Waals surface area contributed by atoms with Crippen molar-refractivity contribution in [2.45, 2.75) is 6.54 Å². The number of anilines is 1. The lowest BCUT2D eigenvalue weighted by Crippen LogP contribution is -2.01. The van der Waals surface area contributed by atoms with Gasteiger partial charge < -0.3 is 5.32 Å². The van der Waals surface area contributed by atoms with Crippen molar-refractivity contribution in [2.24, 2.45) is 0 Å². The number of aromatic nitrogens is 2. The highest BCUT2D eigenvalue weighted by atomic mass is 79.9. The Balaban J connectivity index is 2.03. The van der Waals surface area contributed by atoms with Crippen LogP contribution in [0.25, 0.3) is 0 Å². The highest BCUT2D eigenvalue weighted by Crippen LogP contribution is 2.16. The van der Waals surface area contributed by atoms with Crippen LogP contribution in [0.3, 0.4) is 0 Å². The molecule has 0 aliphatic heterocycles. The van der Waals surface area contributed by atoms with Crippen molar-refractivity contribution in [1.82, 2.24) is 9.97 Å². The second kappa shape index (κ2) is 4.89. The summed E-state index contributed by atoms with van der Waals surface area (Å²) in [4.78, 5) is 8.12. The van der Waals surface area contributed by atoms with Crippen LogP contribution in [0, 0.1) is 0 Å². The molecule has 1 aromatic heterocycles. The quantitative estimate of drug-likeness (QED) is 0.926. The molecule has 0 saturated carbocycles. The van der Waals surface area contributed by atoms with Crippen LogP contribution < -0.4 is 5.32 Å². The first kappa shape index (κ1) is 10.1. The van der Waals surface area contributed by atoms with Gasteiger partial charge in [0, 0.05) is 23.4 Å². The molecule has 0 radical (unpaired) electrons. The number of nitrogens with one attached hydrogen (secondary N) is 1. The van der Waals surface area contributed by atoms with Gasteiger partial charge in [-0.05, 0) is 11.6 Å². The molecule has 76 valence electrons. The van der Waals surface area contributed by atoms with E-state index in [1.54, 1.807) is 18.6 Å². The molecule has 1 aromatic carbocycles. The molecule has 0 bridgehead atoms. The van der Waals surface area contributed by atoms with Gasteiger partial charge in [0.15, 0.2) is 0 Å². The Morgan fingerprint density at radius 2 is 2.07 bits per heavy atom. The molecular formula is C11H10BrN3. The largest absolute Gasteiger partial charge is 0.365 e. The smallest absolute Gasteiger partial charge is 0.144 e. The minimum absolute atomic E-state index is 0.736. The molecule has 0 fully saturated rings. The zero-order chi connectivity index (χ0) is 10.5. The van der Waals surface area contributed by atoms with E-state index in [4.69, 9.17) is 0 Å². The molecule has 0 aliphatic rings. The predicted octanol–water partition coefficient (Wildman–Crippen LogP) is 2.85. The molecule has 1 N–H and O–H groups in total. The summed E-state index contributed by atoms with van der Waals surface area (Å²) >= 11 is 3.49. The fourth-order valence-corrected chi connectivity index (χ4v) is 1.64. The molecule has 0 unspecified atom stereocenters. The Bertz CT molecular complexity index is 431. The van der Waals surface area contributed by atoms with E-state index >= 15 is 0 Å². The Labute approximate surface area is 96.7 Å². The Morgan fingerprint density at radius 1 is 1.20 bits per heavy atom. The molecule has 0 amide bonds. The number of rotatable bonds is 3. The van der Waals surface area contributed by atoms with E-state index in [0.29, 0.717) is 0 Å². The van der Waals surface area contributed by atoms with Crippen molar-refractivity contribution in [3.63, 3.8) is 0 Å². The normalized spacial score (nSPS) is 9.93. The van der Waals surface area contributed by atoms with Gasteiger partial charge in [0.25, 0.3) is 0 Å². The molecule has 3 nitrogen and oxygen atoms in total.